The van der Waals surface area contributed by atoms with E-state index in [9.17, 15) is 0 Å². The van der Waals surface area contributed by atoms with Gasteiger partial charge in [0.2, 0.25) is 0 Å². The zero-order valence-electron chi connectivity index (χ0n) is 6.71. The summed E-state index contributed by atoms with van der Waals surface area (Å²) in [4.78, 5) is 18.2. The predicted molar refractivity (Wildman–Crippen MR) is 51.3 cm³/mol. The van der Waals surface area contributed by atoms with Crippen LogP contribution in [0.3, 0.4) is 0 Å². The van der Waals surface area contributed by atoms with Crippen molar-refractivity contribution in [3.8, 4) is 0 Å². The molecule has 13 heteroatoms. The zero-order valence-corrected chi connectivity index (χ0v) is 6.71. The van der Waals surface area contributed by atoms with E-state index in [1.165, 1.54) is 0 Å². The van der Waals surface area contributed by atoms with Crippen molar-refractivity contribution in [3.63, 3.8) is 0 Å². The molecule has 0 aromatic heterocycles. The number of hydrogen-bond acceptors (Lipinski definition) is 2. The number of hydrogen-bond donors (Lipinski definition) is 2. The molecular weight excluding hydrogens is 223 g/mol. The van der Waals surface area contributed by atoms with Gasteiger partial charge in [0.1, 0.15) is 0 Å². The number of carboxylic acid groups (broad SMARTS) is 2. The van der Waals surface area contributed by atoms with E-state index in [2.05, 4.69) is 0 Å². The molecule has 12 nitrogen and oxygen atoms in total. The van der Waals surface area contributed by atoms with E-state index in [0.29, 0.717) is 0 Å². The fourth-order valence-electron chi connectivity index (χ4n) is 0. The van der Waals surface area contributed by atoms with Gasteiger partial charge in [0.15, 0.2) is 0 Å². The maximum atomic E-state index is 9.10. The molecule has 0 heterocycles. The zero-order chi connectivity index (χ0) is 5.15. The molecule has 0 saturated carbocycles. The van der Waals surface area contributed by atoms with E-state index in [1.54, 1.807) is 0 Å². The molecule has 18 N–H and O–H groups in total. The number of aliphatic carboxylic acids is 2. The van der Waals surface area contributed by atoms with Gasteiger partial charge in [-0.1, -0.05) is 0 Å². The number of carbonyl (C=O) groups is 2. The van der Waals surface area contributed by atoms with Gasteiger partial charge in [0, 0.05) is 0 Å². The van der Waals surface area contributed by atoms with E-state index in [-0.39, 0.29) is 62.7 Å². The second kappa shape index (κ2) is 72.5. The third kappa shape index (κ3) is 161. The first-order valence-corrected chi connectivity index (χ1v) is 1.11. The van der Waals surface area contributed by atoms with Gasteiger partial charge >= 0.3 is 30.8 Å². The Morgan fingerprint density at radius 2 is 0.600 bits per heavy atom. The van der Waals surface area contributed by atoms with Crippen LogP contribution in [0.15, 0.2) is 0 Å². The van der Waals surface area contributed by atoms with Gasteiger partial charge in [-0.05, 0) is 0 Å². The van der Waals surface area contributed by atoms with Gasteiger partial charge in [-0.3, -0.25) is 0 Å². The van der Waals surface area contributed by atoms with Crippen LogP contribution in [0.25, 0.3) is 0 Å². The standard InChI is InChI=1S/C2H2O4.Li.8H2O.H/c3-1(4)2(5)6;;;;;;;;;;/h(H,3,4)(H,5,6);;8*1H2;. The van der Waals surface area contributed by atoms with Crippen molar-refractivity contribution in [3.05, 3.63) is 0 Å². The van der Waals surface area contributed by atoms with E-state index in [4.69, 9.17) is 19.8 Å². The molecule has 0 unspecified atom stereocenters. The molecule has 0 aromatic rings. The monoisotopic (exact) mass is 242 g/mol. The summed E-state index contributed by atoms with van der Waals surface area (Å²) < 4.78 is 0. The van der Waals surface area contributed by atoms with Crippen LogP contribution in [0.4, 0.5) is 0 Å². The summed E-state index contributed by atoms with van der Waals surface area (Å²) >= 11 is 0. The van der Waals surface area contributed by atoms with Crippen molar-refractivity contribution in [1.82, 2.24) is 0 Å². The molecule has 0 rings (SSSR count). The fourth-order valence-corrected chi connectivity index (χ4v) is 0. The summed E-state index contributed by atoms with van der Waals surface area (Å²) in [6.45, 7) is 0. The van der Waals surface area contributed by atoms with Gasteiger partial charge in [0.05, 0.1) is 0 Å². The van der Waals surface area contributed by atoms with E-state index in [0.717, 1.165) is 0 Å². The third-order valence-corrected chi connectivity index (χ3v) is 0.183. The Hall–Kier alpha value is -0.783. The summed E-state index contributed by atoms with van der Waals surface area (Å²) in [5.74, 6) is -3.65. The van der Waals surface area contributed by atoms with Crippen molar-refractivity contribution >= 4 is 30.8 Å². The SMILES string of the molecule is O.O.O.O.O.O.O.O.O=C(O)C(=O)O.[LiH]. The van der Waals surface area contributed by atoms with Gasteiger partial charge in [-0.15, -0.1) is 0 Å². The Bertz CT molecular complexity index is 79.6. The van der Waals surface area contributed by atoms with Crippen molar-refractivity contribution in [1.29, 1.82) is 0 Å². The molecule has 15 heavy (non-hydrogen) atoms. The maximum absolute atomic E-state index is 9.10. The van der Waals surface area contributed by atoms with Crippen LogP contribution in [-0.4, -0.2) is 84.8 Å². The topological polar surface area (TPSA) is 327 Å². The van der Waals surface area contributed by atoms with Crippen molar-refractivity contribution in [2.75, 3.05) is 0 Å². The fraction of sp³-hybridized carbons (Fsp3) is 0. The molecule has 0 atom stereocenters. The van der Waals surface area contributed by atoms with Crippen molar-refractivity contribution < 1.29 is 63.6 Å². The Kier molecular flexibility index (Phi) is 675. The minimum absolute atomic E-state index is 0. The second-order valence-electron chi connectivity index (χ2n) is 0.610. The summed E-state index contributed by atoms with van der Waals surface area (Å²) in [7, 11) is 0. The molecule has 0 fully saturated rings. The minimum atomic E-state index is -1.82. The molecule has 0 aliphatic carbocycles. The van der Waals surface area contributed by atoms with E-state index < -0.39 is 11.9 Å². The Morgan fingerprint density at radius 1 is 0.533 bits per heavy atom. The van der Waals surface area contributed by atoms with Gasteiger partial charge in [0.25, 0.3) is 0 Å². The summed E-state index contributed by atoms with van der Waals surface area (Å²) in [6.07, 6.45) is 0. The molecule has 0 aromatic carbocycles. The van der Waals surface area contributed by atoms with Gasteiger partial charge in [-0.25, -0.2) is 9.59 Å². The first-order chi connectivity index (χ1) is 2.64. The van der Waals surface area contributed by atoms with Crippen molar-refractivity contribution in [2.45, 2.75) is 0 Å². The first kappa shape index (κ1) is 140. The summed E-state index contributed by atoms with van der Waals surface area (Å²) in [6, 6.07) is 0. The number of carboxylic acids is 2. The Labute approximate surface area is 95.2 Å². The van der Waals surface area contributed by atoms with Crippen LogP contribution in [0.2, 0.25) is 0 Å². The molecule has 0 bridgehead atoms. The normalized spacial score (nSPS) is 2.93. The average molecular weight is 242 g/mol. The first-order valence-electron chi connectivity index (χ1n) is 1.11. The van der Waals surface area contributed by atoms with Crippen molar-refractivity contribution in [2.24, 2.45) is 0 Å². The Morgan fingerprint density at radius 3 is 0.600 bits per heavy atom. The van der Waals surface area contributed by atoms with Gasteiger partial charge in [-0.2, -0.15) is 0 Å². The van der Waals surface area contributed by atoms with Crippen LogP contribution in [0.1, 0.15) is 0 Å². The Balaban J connectivity index is -0.00000000347. The summed E-state index contributed by atoms with van der Waals surface area (Å²) in [5, 5.41) is 14.8. The molecule has 0 saturated heterocycles. The molecule has 100 valence electrons. The summed E-state index contributed by atoms with van der Waals surface area (Å²) in [5.41, 5.74) is 0. The van der Waals surface area contributed by atoms with E-state index >= 15 is 0 Å². The van der Waals surface area contributed by atoms with E-state index in [1.807, 2.05) is 0 Å². The van der Waals surface area contributed by atoms with Crippen LogP contribution in [0, 0.1) is 0 Å². The molecule has 0 aliphatic rings. The van der Waals surface area contributed by atoms with Crippen LogP contribution >= 0.6 is 0 Å². The molecule has 0 amide bonds. The predicted octanol–water partition coefficient (Wildman–Crippen LogP) is -8.09. The van der Waals surface area contributed by atoms with Crippen LogP contribution in [-0.2, 0) is 9.59 Å². The quantitative estimate of drug-likeness (QED) is 0.308. The molecule has 0 spiro atoms. The van der Waals surface area contributed by atoms with Crippen LogP contribution < -0.4 is 0 Å². The van der Waals surface area contributed by atoms with Crippen LogP contribution in [0.5, 0.6) is 0 Å². The second-order valence-corrected chi connectivity index (χ2v) is 0.610. The molecule has 0 aliphatic heterocycles. The third-order valence-electron chi connectivity index (χ3n) is 0.183. The number of rotatable bonds is 0. The average Bonchev–Trinajstić information content (AvgIpc) is 1.36. The molecule has 0 radical (unpaired) electrons. The molecular formula is C2H19LiO12. The van der Waals surface area contributed by atoms with Gasteiger partial charge < -0.3 is 54.0 Å².